The lowest BCUT2D eigenvalue weighted by Gasteiger charge is -2.13. The van der Waals surface area contributed by atoms with Crippen LogP contribution in [0, 0.1) is 6.92 Å². The highest BCUT2D eigenvalue weighted by Gasteiger charge is 2.14. The summed E-state index contributed by atoms with van der Waals surface area (Å²) in [6, 6.07) is 4.70. The van der Waals surface area contributed by atoms with E-state index in [9.17, 15) is 4.79 Å². The molecule has 106 valence electrons. The Balaban J connectivity index is 1.92. The lowest BCUT2D eigenvalue weighted by molar-refractivity contribution is -0.116. The lowest BCUT2D eigenvalue weighted by Crippen LogP contribution is -2.31. The molecule has 2 heterocycles. The topological polar surface area (TPSA) is 89.3 Å². The fourth-order valence-electron chi connectivity index (χ4n) is 1.55. The average molecular weight is 276 g/mol. The van der Waals surface area contributed by atoms with Crippen LogP contribution in [0.5, 0.6) is 5.88 Å². The number of aryl methyl sites for hydroxylation is 1. The molecule has 2 N–H and O–H groups in total. The Morgan fingerprint density at radius 1 is 1.45 bits per heavy atom. The SMILES string of the molecule is COc1ccc(NC(C)C(=O)Nc2cc(C)no2)cn1. The van der Waals surface area contributed by atoms with Gasteiger partial charge in [-0.1, -0.05) is 5.16 Å². The molecule has 0 radical (unpaired) electrons. The molecule has 7 heteroatoms. The maximum Gasteiger partial charge on any atom is 0.248 e. The van der Waals surface area contributed by atoms with Gasteiger partial charge >= 0.3 is 0 Å². The minimum Gasteiger partial charge on any atom is -0.481 e. The van der Waals surface area contributed by atoms with Gasteiger partial charge in [-0.2, -0.15) is 0 Å². The van der Waals surface area contributed by atoms with Crippen molar-refractivity contribution in [2.75, 3.05) is 17.7 Å². The highest BCUT2D eigenvalue weighted by Crippen LogP contribution is 2.13. The number of hydrogen-bond donors (Lipinski definition) is 2. The van der Waals surface area contributed by atoms with Gasteiger partial charge < -0.3 is 14.6 Å². The molecule has 0 saturated carbocycles. The van der Waals surface area contributed by atoms with Gasteiger partial charge in [0.05, 0.1) is 24.7 Å². The number of nitrogens with one attached hydrogen (secondary N) is 2. The number of anilines is 2. The number of hydrogen-bond acceptors (Lipinski definition) is 6. The van der Waals surface area contributed by atoms with Gasteiger partial charge in [0.25, 0.3) is 0 Å². The molecule has 0 fully saturated rings. The third-order valence-corrected chi connectivity index (χ3v) is 2.60. The summed E-state index contributed by atoms with van der Waals surface area (Å²) in [5, 5.41) is 9.36. The first-order valence-electron chi connectivity index (χ1n) is 6.09. The molecule has 0 aliphatic heterocycles. The van der Waals surface area contributed by atoms with E-state index in [1.165, 1.54) is 0 Å². The molecule has 1 unspecified atom stereocenters. The Hall–Kier alpha value is -2.57. The number of carbonyl (C=O) groups excluding carboxylic acids is 1. The van der Waals surface area contributed by atoms with E-state index in [1.54, 1.807) is 45.4 Å². The molecule has 0 saturated heterocycles. The van der Waals surface area contributed by atoms with Gasteiger partial charge in [-0.25, -0.2) is 4.98 Å². The molecule has 0 aromatic carbocycles. The van der Waals surface area contributed by atoms with Gasteiger partial charge in [-0.05, 0) is 19.9 Å². The highest BCUT2D eigenvalue weighted by atomic mass is 16.5. The van der Waals surface area contributed by atoms with Crippen molar-refractivity contribution in [3.63, 3.8) is 0 Å². The van der Waals surface area contributed by atoms with Crippen LogP contribution in [-0.2, 0) is 4.79 Å². The smallest absolute Gasteiger partial charge is 0.248 e. The van der Waals surface area contributed by atoms with Crippen LogP contribution in [-0.4, -0.2) is 29.2 Å². The van der Waals surface area contributed by atoms with E-state index in [1.807, 2.05) is 0 Å². The molecule has 2 rings (SSSR count). The first-order valence-corrected chi connectivity index (χ1v) is 6.09. The second-order valence-electron chi connectivity index (χ2n) is 4.28. The molecule has 2 aromatic rings. The number of ether oxygens (including phenoxy) is 1. The molecule has 0 aliphatic rings. The molecule has 1 atom stereocenters. The Bertz CT molecular complexity index is 580. The average Bonchev–Trinajstić information content (AvgIpc) is 2.85. The summed E-state index contributed by atoms with van der Waals surface area (Å²) in [7, 11) is 1.55. The largest absolute Gasteiger partial charge is 0.481 e. The summed E-state index contributed by atoms with van der Waals surface area (Å²) in [5.74, 6) is 0.621. The first-order chi connectivity index (χ1) is 9.58. The summed E-state index contributed by atoms with van der Waals surface area (Å²) in [5.41, 5.74) is 1.43. The van der Waals surface area contributed by atoms with E-state index in [2.05, 4.69) is 20.8 Å². The number of rotatable bonds is 5. The Labute approximate surface area is 116 Å². The zero-order valence-electron chi connectivity index (χ0n) is 11.5. The number of aromatic nitrogens is 2. The van der Waals surface area contributed by atoms with Crippen molar-refractivity contribution in [1.82, 2.24) is 10.1 Å². The second-order valence-corrected chi connectivity index (χ2v) is 4.28. The van der Waals surface area contributed by atoms with E-state index in [0.29, 0.717) is 17.5 Å². The maximum absolute atomic E-state index is 11.9. The van der Waals surface area contributed by atoms with Gasteiger partial charge in [0, 0.05) is 12.1 Å². The van der Waals surface area contributed by atoms with Crippen molar-refractivity contribution in [2.45, 2.75) is 19.9 Å². The third-order valence-electron chi connectivity index (χ3n) is 2.60. The predicted octanol–water partition coefficient (Wildman–Crippen LogP) is 1.83. The molecule has 20 heavy (non-hydrogen) atoms. The van der Waals surface area contributed by atoms with Gasteiger partial charge in [-0.3, -0.25) is 10.1 Å². The molecule has 2 aromatic heterocycles. The second kappa shape index (κ2) is 6.05. The Morgan fingerprint density at radius 3 is 2.80 bits per heavy atom. The number of methoxy groups -OCH3 is 1. The molecular weight excluding hydrogens is 260 g/mol. The van der Waals surface area contributed by atoms with Crippen LogP contribution in [0.4, 0.5) is 11.6 Å². The molecular formula is C13H16N4O3. The van der Waals surface area contributed by atoms with Gasteiger partial charge in [0.2, 0.25) is 17.7 Å². The summed E-state index contributed by atoms with van der Waals surface area (Å²) in [6.45, 7) is 3.52. The van der Waals surface area contributed by atoms with E-state index in [-0.39, 0.29) is 5.91 Å². The van der Waals surface area contributed by atoms with Crippen LogP contribution in [0.2, 0.25) is 0 Å². The normalized spacial score (nSPS) is 11.8. The summed E-state index contributed by atoms with van der Waals surface area (Å²) < 4.78 is 9.89. The molecule has 7 nitrogen and oxygen atoms in total. The maximum atomic E-state index is 11.9. The van der Waals surface area contributed by atoms with Gasteiger partial charge in [0.1, 0.15) is 6.04 Å². The molecule has 0 aliphatic carbocycles. The zero-order chi connectivity index (χ0) is 14.5. The quantitative estimate of drug-likeness (QED) is 0.866. The Kier molecular flexibility index (Phi) is 4.19. The Morgan fingerprint density at radius 2 is 2.25 bits per heavy atom. The highest BCUT2D eigenvalue weighted by molar-refractivity contribution is 5.95. The predicted molar refractivity (Wildman–Crippen MR) is 73.7 cm³/mol. The van der Waals surface area contributed by atoms with Crippen LogP contribution in [0.3, 0.4) is 0 Å². The first kappa shape index (κ1) is 13.9. The number of pyridine rings is 1. The lowest BCUT2D eigenvalue weighted by atomic mass is 10.3. The van der Waals surface area contributed by atoms with Gasteiger partial charge in [-0.15, -0.1) is 0 Å². The van der Waals surface area contributed by atoms with Crippen molar-refractivity contribution in [2.24, 2.45) is 0 Å². The number of amides is 1. The van der Waals surface area contributed by atoms with E-state index >= 15 is 0 Å². The van der Waals surface area contributed by atoms with E-state index in [4.69, 9.17) is 9.26 Å². The van der Waals surface area contributed by atoms with E-state index in [0.717, 1.165) is 5.69 Å². The molecule has 0 bridgehead atoms. The zero-order valence-corrected chi connectivity index (χ0v) is 11.5. The van der Waals surface area contributed by atoms with Crippen molar-refractivity contribution in [3.05, 3.63) is 30.1 Å². The fourth-order valence-corrected chi connectivity index (χ4v) is 1.55. The van der Waals surface area contributed by atoms with Crippen LogP contribution in [0.1, 0.15) is 12.6 Å². The number of carbonyl (C=O) groups is 1. The summed E-state index contributed by atoms with van der Waals surface area (Å²) in [6.07, 6.45) is 1.60. The third kappa shape index (κ3) is 3.47. The van der Waals surface area contributed by atoms with Crippen LogP contribution in [0.25, 0.3) is 0 Å². The summed E-state index contributed by atoms with van der Waals surface area (Å²) >= 11 is 0. The standard InChI is InChI=1S/C13H16N4O3/c1-8-6-12(20-17-8)16-13(18)9(2)15-10-4-5-11(19-3)14-7-10/h4-7,9,15H,1-3H3,(H,16,18). The van der Waals surface area contributed by atoms with Crippen molar-refractivity contribution in [3.8, 4) is 5.88 Å². The van der Waals surface area contributed by atoms with Crippen LogP contribution in [0.15, 0.2) is 28.9 Å². The van der Waals surface area contributed by atoms with Crippen molar-refractivity contribution >= 4 is 17.5 Å². The molecule has 0 spiro atoms. The summed E-state index contributed by atoms with van der Waals surface area (Å²) in [4.78, 5) is 16.0. The van der Waals surface area contributed by atoms with Crippen molar-refractivity contribution < 1.29 is 14.1 Å². The van der Waals surface area contributed by atoms with Crippen molar-refractivity contribution in [1.29, 1.82) is 0 Å². The van der Waals surface area contributed by atoms with Crippen LogP contribution < -0.4 is 15.4 Å². The molecule has 1 amide bonds. The van der Waals surface area contributed by atoms with Crippen LogP contribution >= 0.6 is 0 Å². The van der Waals surface area contributed by atoms with Gasteiger partial charge in [0.15, 0.2) is 0 Å². The number of nitrogens with zero attached hydrogens (tertiary/aromatic N) is 2. The monoisotopic (exact) mass is 276 g/mol. The fraction of sp³-hybridized carbons (Fsp3) is 0.308. The minimum absolute atomic E-state index is 0.225. The minimum atomic E-state index is -0.449. The van der Waals surface area contributed by atoms with E-state index < -0.39 is 6.04 Å².